The van der Waals surface area contributed by atoms with Crippen molar-refractivity contribution < 1.29 is 4.79 Å². The summed E-state index contributed by atoms with van der Waals surface area (Å²) in [6.07, 6.45) is 6.46. The van der Waals surface area contributed by atoms with Crippen molar-refractivity contribution >= 4 is 5.78 Å². The van der Waals surface area contributed by atoms with E-state index in [1.165, 1.54) is 19.3 Å². The molecule has 0 amide bonds. The summed E-state index contributed by atoms with van der Waals surface area (Å²) in [6, 6.07) is 1.50. The number of hydrogen-bond acceptors (Lipinski definition) is 2. The highest BCUT2D eigenvalue weighted by atomic mass is 16.1. The summed E-state index contributed by atoms with van der Waals surface area (Å²) >= 11 is 0. The van der Waals surface area contributed by atoms with Gasteiger partial charge in [-0.3, -0.25) is 9.69 Å². The van der Waals surface area contributed by atoms with Crippen molar-refractivity contribution in [3.8, 4) is 0 Å². The van der Waals surface area contributed by atoms with Gasteiger partial charge in [0.25, 0.3) is 0 Å². The van der Waals surface area contributed by atoms with Gasteiger partial charge in [-0.2, -0.15) is 0 Å². The van der Waals surface area contributed by atoms with Crippen LogP contribution in [0.1, 0.15) is 59.3 Å². The Bertz CT molecular complexity index is 203. The van der Waals surface area contributed by atoms with E-state index in [4.69, 9.17) is 0 Å². The lowest BCUT2D eigenvalue weighted by molar-refractivity contribution is -0.118. The standard InChI is InChI=1S/C13H25NO/c1-4-12-9-8-11(3)14(12)10-6-7-13(15)5-2/h11-12H,4-10H2,1-3H3. The van der Waals surface area contributed by atoms with E-state index < -0.39 is 0 Å². The zero-order chi connectivity index (χ0) is 11.3. The van der Waals surface area contributed by atoms with E-state index in [-0.39, 0.29) is 0 Å². The summed E-state index contributed by atoms with van der Waals surface area (Å²) in [5.41, 5.74) is 0. The maximum Gasteiger partial charge on any atom is 0.132 e. The molecule has 0 bridgehead atoms. The largest absolute Gasteiger partial charge is 0.300 e. The van der Waals surface area contributed by atoms with Crippen molar-refractivity contribution in [3.63, 3.8) is 0 Å². The molecule has 2 atom stereocenters. The lowest BCUT2D eigenvalue weighted by atomic mass is 10.1. The zero-order valence-electron chi connectivity index (χ0n) is 10.5. The molecule has 0 aromatic rings. The maximum absolute atomic E-state index is 11.2. The van der Waals surface area contributed by atoms with Gasteiger partial charge in [-0.1, -0.05) is 13.8 Å². The van der Waals surface area contributed by atoms with Crippen LogP contribution in [0.4, 0.5) is 0 Å². The second-order valence-corrected chi connectivity index (χ2v) is 4.72. The van der Waals surface area contributed by atoms with Gasteiger partial charge in [0.1, 0.15) is 5.78 Å². The molecule has 1 aliphatic heterocycles. The van der Waals surface area contributed by atoms with E-state index in [1.54, 1.807) is 0 Å². The number of carbonyl (C=O) groups is 1. The van der Waals surface area contributed by atoms with Gasteiger partial charge in [0.2, 0.25) is 0 Å². The summed E-state index contributed by atoms with van der Waals surface area (Å²) in [5, 5.41) is 0. The molecule has 1 rings (SSSR count). The van der Waals surface area contributed by atoms with Gasteiger partial charge >= 0.3 is 0 Å². The Morgan fingerprint density at radius 2 is 2.07 bits per heavy atom. The first-order chi connectivity index (χ1) is 7.19. The van der Waals surface area contributed by atoms with Gasteiger partial charge in [-0.25, -0.2) is 0 Å². The minimum atomic E-state index is 0.412. The summed E-state index contributed by atoms with van der Waals surface area (Å²) in [4.78, 5) is 13.8. The molecule has 0 radical (unpaired) electrons. The highest BCUT2D eigenvalue weighted by Crippen LogP contribution is 2.26. The summed E-state index contributed by atoms with van der Waals surface area (Å²) < 4.78 is 0. The quantitative estimate of drug-likeness (QED) is 0.673. The molecule has 15 heavy (non-hydrogen) atoms. The van der Waals surface area contributed by atoms with Crippen molar-refractivity contribution in [1.29, 1.82) is 0 Å². The molecule has 0 N–H and O–H groups in total. The van der Waals surface area contributed by atoms with Crippen molar-refractivity contribution in [3.05, 3.63) is 0 Å². The topological polar surface area (TPSA) is 20.3 Å². The Labute approximate surface area is 94.0 Å². The summed E-state index contributed by atoms with van der Waals surface area (Å²) in [6.45, 7) is 7.66. The summed E-state index contributed by atoms with van der Waals surface area (Å²) in [7, 11) is 0. The first kappa shape index (κ1) is 12.7. The normalized spacial score (nSPS) is 27.1. The molecule has 0 spiro atoms. The molecule has 0 aliphatic carbocycles. The van der Waals surface area contributed by atoms with E-state index in [9.17, 15) is 4.79 Å². The minimum Gasteiger partial charge on any atom is -0.300 e. The lowest BCUT2D eigenvalue weighted by Gasteiger charge is -2.27. The van der Waals surface area contributed by atoms with Gasteiger partial charge in [0.05, 0.1) is 0 Å². The fourth-order valence-electron chi connectivity index (χ4n) is 2.60. The van der Waals surface area contributed by atoms with Gasteiger partial charge in [-0.15, -0.1) is 0 Å². The van der Waals surface area contributed by atoms with Crippen LogP contribution in [0.25, 0.3) is 0 Å². The number of rotatable bonds is 6. The van der Waals surface area contributed by atoms with Crippen molar-refractivity contribution in [2.45, 2.75) is 71.4 Å². The smallest absolute Gasteiger partial charge is 0.132 e. The average molecular weight is 211 g/mol. The maximum atomic E-state index is 11.2. The molecule has 2 unspecified atom stereocenters. The van der Waals surface area contributed by atoms with E-state index in [1.807, 2.05) is 6.92 Å². The van der Waals surface area contributed by atoms with Crippen LogP contribution in [0, 0.1) is 0 Å². The molecule has 1 saturated heterocycles. The molecule has 2 heteroatoms. The van der Waals surface area contributed by atoms with E-state index in [0.29, 0.717) is 12.2 Å². The number of hydrogen-bond donors (Lipinski definition) is 0. The van der Waals surface area contributed by atoms with Crippen LogP contribution in [-0.4, -0.2) is 29.3 Å². The fourth-order valence-corrected chi connectivity index (χ4v) is 2.60. The number of likely N-dealkylation sites (tertiary alicyclic amines) is 1. The van der Waals surface area contributed by atoms with E-state index >= 15 is 0 Å². The Morgan fingerprint density at radius 1 is 1.33 bits per heavy atom. The molecule has 1 heterocycles. The molecule has 1 aliphatic rings. The monoisotopic (exact) mass is 211 g/mol. The van der Waals surface area contributed by atoms with Gasteiger partial charge in [-0.05, 0) is 39.2 Å². The van der Waals surface area contributed by atoms with Crippen molar-refractivity contribution in [2.24, 2.45) is 0 Å². The van der Waals surface area contributed by atoms with Gasteiger partial charge in [0, 0.05) is 24.9 Å². The molecular weight excluding hydrogens is 186 g/mol. The van der Waals surface area contributed by atoms with Crippen LogP contribution in [0.5, 0.6) is 0 Å². The zero-order valence-corrected chi connectivity index (χ0v) is 10.5. The molecule has 1 fully saturated rings. The Balaban J connectivity index is 2.27. The van der Waals surface area contributed by atoms with Crippen LogP contribution < -0.4 is 0 Å². The molecule has 88 valence electrons. The second-order valence-electron chi connectivity index (χ2n) is 4.72. The van der Waals surface area contributed by atoms with Crippen molar-refractivity contribution in [2.75, 3.05) is 6.54 Å². The Kier molecular flexibility index (Phi) is 5.30. The van der Waals surface area contributed by atoms with Crippen LogP contribution in [0.2, 0.25) is 0 Å². The predicted molar refractivity (Wildman–Crippen MR) is 64.0 cm³/mol. The van der Waals surface area contributed by atoms with Crippen LogP contribution >= 0.6 is 0 Å². The minimum absolute atomic E-state index is 0.412. The predicted octanol–water partition coefficient (Wildman–Crippen LogP) is 3.01. The third-order valence-electron chi connectivity index (χ3n) is 3.69. The van der Waals surface area contributed by atoms with Crippen molar-refractivity contribution in [1.82, 2.24) is 4.90 Å². The highest BCUT2D eigenvalue weighted by Gasteiger charge is 2.28. The second kappa shape index (κ2) is 6.26. The lowest BCUT2D eigenvalue weighted by Crippen LogP contribution is -2.35. The van der Waals surface area contributed by atoms with Gasteiger partial charge < -0.3 is 0 Å². The highest BCUT2D eigenvalue weighted by molar-refractivity contribution is 5.77. The van der Waals surface area contributed by atoms with E-state index in [2.05, 4.69) is 18.7 Å². The number of Topliss-reactive ketones (excluding diaryl/α,β-unsaturated/α-hetero) is 1. The number of nitrogens with zero attached hydrogens (tertiary/aromatic N) is 1. The Morgan fingerprint density at radius 3 is 2.67 bits per heavy atom. The third-order valence-corrected chi connectivity index (χ3v) is 3.69. The van der Waals surface area contributed by atoms with E-state index in [0.717, 1.165) is 31.5 Å². The summed E-state index contributed by atoms with van der Waals surface area (Å²) in [5.74, 6) is 0.412. The van der Waals surface area contributed by atoms with Gasteiger partial charge in [0.15, 0.2) is 0 Å². The number of carbonyl (C=O) groups excluding carboxylic acids is 1. The molecule has 0 aromatic carbocycles. The van der Waals surface area contributed by atoms with Crippen LogP contribution in [0.15, 0.2) is 0 Å². The first-order valence-electron chi connectivity index (χ1n) is 6.46. The molecule has 0 aromatic heterocycles. The number of ketones is 1. The van der Waals surface area contributed by atoms with Crippen LogP contribution in [-0.2, 0) is 4.79 Å². The van der Waals surface area contributed by atoms with Crippen LogP contribution in [0.3, 0.4) is 0 Å². The molecule has 0 saturated carbocycles. The molecular formula is C13H25NO. The third kappa shape index (κ3) is 3.60. The fraction of sp³-hybridized carbons (Fsp3) is 0.923. The Hall–Kier alpha value is -0.370. The first-order valence-corrected chi connectivity index (χ1v) is 6.46. The SMILES string of the molecule is CCC(=O)CCCN1C(C)CCC1CC. The molecule has 2 nitrogen and oxygen atoms in total. The average Bonchev–Trinajstić information content (AvgIpc) is 2.60.